The molecule has 0 aliphatic rings. The Morgan fingerprint density at radius 3 is 1.14 bits per heavy atom. The third-order valence-electron chi connectivity index (χ3n) is 6.39. The van der Waals surface area contributed by atoms with Gasteiger partial charge in [0.15, 0.2) is 0 Å². The van der Waals surface area contributed by atoms with Gasteiger partial charge in [0.05, 0.1) is 85.9 Å². The number of carbonyl (C=O) groups excluding carboxylic acids is 1. The zero-order valence-corrected chi connectivity index (χ0v) is 26.2. The molecule has 0 amide bonds. The summed E-state index contributed by atoms with van der Waals surface area (Å²) in [5.41, 5.74) is 0.626. The van der Waals surface area contributed by atoms with E-state index in [0.29, 0.717) is 104 Å². The number of hydrogen-bond donors (Lipinski definition) is 0. The summed E-state index contributed by atoms with van der Waals surface area (Å²) in [5.74, 6) is 0.713. The summed E-state index contributed by atoms with van der Waals surface area (Å²) in [6, 6.07) is 6.96. The smallest absolute Gasteiger partial charge is 0.150 e. The standard InChI is InChI=1S/C33H58O9/c1-2-3-4-5-6-7-8-9-10-11-16-35-17-18-36-19-20-37-21-22-38-23-24-39-25-26-40-27-28-41-29-30-42-33-14-12-32(31-34)13-15-33/h12-15,31H,2-11,16-30H2,1H3. The highest BCUT2D eigenvalue weighted by atomic mass is 16.6. The molecular formula is C33H58O9. The van der Waals surface area contributed by atoms with Gasteiger partial charge in [-0.05, 0) is 30.7 Å². The number of hydrogen-bond acceptors (Lipinski definition) is 9. The second-order valence-electron chi connectivity index (χ2n) is 10.0. The van der Waals surface area contributed by atoms with Crippen LogP contribution in [0.15, 0.2) is 24.3 Å². The lowest BCUT2D eigenvalue weighted by atomic mass is 10.1. The van der Waals surface area contributed by atoms with Gasteiger partial charge in [-0.2, -0.15) is 0 Å². The number of aldehydes is 1. The predicted molar refractivity (Wildman–Crippen MR) is 165 cm³/mol. The SMILES string of the molecule is CCCCCCCCCCCCOCCOCCOCCOCCOCCOCCOCCOc1ccc(C=O)cc1. The monoisotopic (exact) mass is 598 g/mol. The molecule has 0 atom stereocenters. The molecule has 0 radical (unpaired) electrons. The van der Waals surface area contributed by atoms with E-state index in [-0.39, 0.29) is 0 Å². The molecule has 0 N–H and O–H groups in total. The van der Waals surface area contributed by atoms with Crippen LogP contribution >= 0.6 is 0 Å². The lowest BCUT2D eigenvalue weighted by Crippen LogP contribution is -2.15. The molecule has 0 fully saturated rings. The van der Waals surface area contributed by atoms with Crippen molar-refractivity contribution in [3.8, 4) is 5.75 Å². The first-order valence-corrected chi connectivity index (χ1v) is 16.1. The second kappa shape index (κ2) is 32.3. The minimum absolute atomic E-state index is 0.442. The van der Waals surface area contributed by atoms with Crippen LogP contribution in [0.5, 0.6) is 5.75 Å². The molecule has 0 aliphatic carbocycles. The van der Waals surface area contributed by atoms with Crippen LogP contribution in [0.25, 0.3) is 0 Å². The maximum Gasteiger partial charge on any atom is 0.150 e. The van der Waals surface area contributed by atoms with Crippen LogP contribution in [0.1, 0.15) is 81.5 Å². The van der Waals surface area contributed by atoms with Crippen molar-refractivity contribution in [1.82, 2.24) is 0 Å². The lowest BCUT2D eigenvalue weighted by molar-refractivity contribution is -0.0213. The maximum atomic E-state index is 10.6. The molecular weight excluding hydrogens is 540 g/mol. The van der Waals surface area contributed by atoms with Crippen LogP contribution in [-0.4, -0.2) is 105 Å². The van der Waals surface area contributed by atoms with Crippen molar-refractivity contribution in [3.63, 3.8) is 0 Å². The number of ether oxygens (including phenoxy) is 8. The molecule has 0 spiro atoms. The van der Waals surface area contributed by atoms with E-state index in [1.807, 2.05) is 0 Å². The third kappa shape index (κ3) is 27.3. The van der Waals surface area contributed by atoms with Crippen molar-refractivity contribution in [2.45, 2.75) is 71.1 Å². The first kappa shape index (κ1) is 38.4. The number of benzene rings is 1. The summed E-state index contributed by atoms with van der Waals surface area (Å²) in [5, 5.41) is 0. The van der Waals surface area contributed by atoms with Gasteiger partial charge in [-0.1, -0.05) is 64.7 Å². The van der Waals surface area contributed by atoms with E-state index in [1.54, 1.807) is 24.3 Å². The van der Waals surface area contributed by atoms with Crippen molar-refractivity contribution in [3.05, 3.63) is 29.8 Å². The van der Waals surface area contributed by atoms with E-state index in [0.717, 1.165) is 19.3 Å². The van der Waals surface area contributed by atoms with Gasteiger partial charge >= 0.3 is 0 Å². The fourth-order valence-electron chi connectivity index (χ4n) is 3.97. The van der Waals surface area contributed by atoms with Crippen molar-refractivity contribution >= 4 is 6.29 Å². The van der Waals surface area contributed by atoms with E-state index in [4.69, 9.17) is 37.9 Å². The first-order chi connectivity index (χ1) is 20.9. The molecule has 1 rings (SSSR count). The van der Waals surface area contributed by atoms with Crippen molar-refractivity contribution in [2.75, 3.05) is 99.1 Å². The number of rotatable bonds is 34. The molecule has 1 aromatic carbocycles. The fraction of sp³-hybridized carbons (Fsp3) is 0.788. The average molecular weight is 599 g/mol. The number of carbonyl (C=O) groups is 1. The Morgan fingerprint density at radius 2 is 0.762 bits per heavy atom. The van der Waals surface area contributed by atoms with Crippen LogP contribution in [0, 0.1) is 0 Å². The van der Waals surface area contributed by atoms with Gasteiger partial charge in [0, 0.05) is 12.2 Å². The molecule has 1 aromatic rings. The molecule has 0 saturated heterocycles. The normalized spacial score (nSPS) is 11.3. The highest BCUT2D eigenvalue weighted by Crippen LogP contribution is 2.11. The second-order valence-corrected chi connectivity index (χ2v) is 10.0. The van der Waals surface area contributed by atoms with Crippen molar-refractivity contribution < 1.29 is 42.7 Å². The molecule has 42 heavy (non-hydrogen) atoms. The summed E-state index contributed by atoms with van der Waals surface area (Å²) >= 11 is 0. The van der Waals surface area contributed by atoms with Crippen LogP contribution in [-0.2, 0) is 33.2 Å². The average Bonchev–Trinajstić information content (AvgIpc) is 3.02. The summed E-state index contributed by atoms with van der Waals surface area (Å²) in [7, 11) is 0. The molecule has 0 aliphatic heterocycles. The van der Waals surface area contributed by atoms with Crippen molar-refractivity contribution in [2.24, 2.45) is 0 Å². The highest BCUT2D eigenvalue weighted by molar-refractivity contribution is 5.74. The van der Waals surface area contributed by atoms with Crippen LogP contribution in [0.2, 0.25) is 0 Å². The minimum Gasteiger partial charge on any atom is -0.491 e. The Balaban J connectivity index is 1.64. The summed E-state index contributed by atoms with van der Waals surface area (Å²) in [6.45, 7) is 10.5. The fourth-order valence-corrected chi connectivity index (χ4v) is 3.97. The Hall–Kier alpha value is -1.59. The largest absolute Gasteiger partial charge is 0.491 e. The van der Waals surface area contributed by atoms with Crippen LogP contribution < -0.4 is 4.74 Å². The summed E-state index contributed by atoms with van der Waals surface area (Å²) in [6.07, 6.45) is 14.2. The van der Waals surface area contributed by atoms with Gasteiger partial charge in [0.2, 0.25) is 0 Å². The van der Waals surface area contributed by atoms with E-state index >= 15 is 0 Å². The minimum atomic E-state index is 0.442. The van der Waals surface area contributed by atoms with Gasteiger partial charge in [-0.25, -0.2) is 0 Å². The zero-order chi connectivity index (χ0) is 30.0. The van der Waals surface area contributed by atoms with E-state index < -0.39 is 0 Å². The maximum absolute atomic E-state index is 10.6. The highest BCUT2D eigenvalue weighted by Gasteiger charge is 1.97. The Kier molecular flexibility index (Phi) is 29.6. The quantitative estimate of drug-likeness (QED) is 0.0709. The van der Waals surface area contributed by atoms with Gasteiger partial charge < -0.3 is 37.9 Å². The third-order valence-corrected chi connectivity index (χ3v) is 6.39. The Morgan fingerprint density at radius 1 is 0.429 bits per heavy atom. The molecule has 9 nitrogen and oxygen atoms in total. The summed E-state index contributed by atoms with van der Waals surface area (Å²) in [4.78, 5) is 10.6. The van der Waals surface area contributed by atoms with Crippen LogP contribution in [0.4, 0.5) is 0 Å². The molecule has 244 valence electrons. The van der Waals surface area contributed by atoms with Gasteiger partial charge in [-0.15, -0.1) is 0 Å². The molecule has 0 unspecified atom stereocenters. The first-order valence-electron chi connectivity index (χ1n) is 16.1. The van der Waals surface area contributed by atoms with E-state index in [2.05, 4.69) is 6.92 Å². The predicted octanol–water partition coefficient (Wildman–Crippen LogP) is 5.92. The van der Waals surface area contributed by atoms with Crippen LogP contribution in [0.3, 0.4) is 0 Å². The Labute approximate surface area is 254 Å². The van der Waals surface area contributed by atoms with E-state index in [1.165, 1.54) is 57.8 Å². The summed E-state index contributed by atoms with van der Waals surface area (Å²) < 4.78 is 44.1. The van der Waals surface area contributed by atoms with Gasteiger partial charge in [-0.3, -0.25) is 4.79 Å². The van der Waals surface area contributed by atoms with Gasteiger partial charge in [0.25, 0.3) is 0 Å². The molecule has 0 heterocycles. The molecule has 0 aromatic heterocycles. The molecule has 0 bridgehead atoms. The van der Waals surface area contributed by atoms with Crippen molar-refractivity contribution in [1.29, 1.82) is 0 Å². The molecule has 9 heteroatoms. The number of unbranched alkanes of at least 4 members (excludes halogenated alkanes) is 9. The lowest BCUT2D eigenvalue weighted by Gasteiger charge is -2.09. The Bertz CT molecular complexity index is 672. The zero-order valence-electron chi connectivity index (χ0n) is 26.2. The van der Waals surface area contributed by atoms with E-state index in [9.17, 15) is 4.79 Å². The topological polar surface area (TPSA) is 90.9 Å². The van der Waals surface area contributed by atoms with Gasteiger partial charge in [0.1, 0.15) is 18.6 Å². The molecule has 0 saturated carbocycles.